The molecule has 1 aromatic carbocycles. The third kappa shape index (κ3) is 3.48. The van der Waals surface area contributed by atoms with Crippen LogP contribution in [0.3, 0.4) is 0 Å². The van der Waals surface area contributed by atoms with Gasteiger partial charge in [-0.2, -0.15) is 13.2 Å². The van der Waals surface area contributed by atoms with E-state index in [0.29, 0.717) is 6.42 Å². The summed E-state index contributed by atoms with van der Waals surface area (Å²) in [5.74, 6) is 0. The molecule has 106 valence electrons. The molecule has 2 unspecified atom stereocenters. The van der Waals surface area contributed by atoms with Crippen LogP contribution in [0.4, 0.5) is 13.2 Å². The van der Waals surface area contributed by atoms with E-state index in [2.05, 4.69) is 0 Å². The molecule has 0 spiro atoms. The minimum atomic E-state index is -4.15. The number of hydrogen-bond donors (Lipinski definition) is 1. The normalized spacial score (nSPS) is 23.5. The fraction of sp³-hybridized carbons (Fsp3) is 0.571. The Labute approximate surface area is 110 Å². The average molecular weight is 273 g/mol. The van der Waals surface area contributed by atoms with Crippen LogP contribution in [0.5, 0.6) is 0 Å². The van der Waals surface area contributed by atoms with Crippen molar-refractivity contribution in [3.63, 3.8) is 0 Å². The van der Waals surface area contributed by atoms with E-state index in [1.165, 1.54) is 0 Å². The second-order valence-electron chi connectivity index (χ2n) is 5.10. The van der Waals surface area contributed by atoms with Crippen LogP contribution in [-0.4, -0.2) is 35.8 Å². The molecule has 1 aliphatic rings. The van der Waals surface area contributed by atoms with E-state index in [-0.39, 0.29) is 12.6 Å². The van der Waals surface area contributed by atoms with Crippen LogP contribution in [0.25, 0.3) is 0 Å². The molecule has 0 heterocycles. The zero-order chi connectivity index (χ0) is 14.0. The summed E-state index contributed by atoms with van der Waals surface area (Å²) in [5, 5.41) is 10.3. The number of aliphatic hydroxyl groups excluding tert-OH is 1. The first-order valence-corrected chi connectivity index (χ1v) is 6.41. The Morgan fingerprint density at radius 3 is 2.68 bits per heavy atom. The van der Waals surface area contributed by atoms with Gasteiger partial charge < -0.3 is 10.0 Å². The second-order valence-corrected chi connectivity index (χ2v) is 5.10. The number of likely N-dealkylation sites (N-methyl/N-ethyl adjacent to an activating group) is 1. The van der Waals surface area contributed by atoms with Crippen molar-refractivity contribution in [1.29, 1.82) is 0 Å². The molecule has 0 aromatic heterocycles. The highest BCUT2D eigenvalue weighted by atomic mass is 19.4. The number of benzene rings is 1. The van der Waals surface area contributed by atoms with Gasteiger partial charge in [-0.3, -0.25) is 0 Å². The number of fused-ring (bicyclic) bond motifs is 1. The van der Waals surface area contributed by atoms with E-state index in [0.717, 1.165) is 17.5 Å². The molecule has 5 heteroatoms. The van der Waals surface area contributed by atoms with Crippen molar-refractivity contribution in [2.75, 3.05) is 13.6 Å². The lowest BCUT2D eigenvalue weighted by Gasteiger charge is -2.36. The molecule has 2 rings (SSSR count). The van der Waals surface area contributed by atoms with Crippen molar-refractivity contribution in [3.8, 4) is 0 Å². The molecule has 2 atom stereocenters. The lowest BCUT2D eigenvalue weighted by Crippen LogP contribution is -2.41. The largest absolute Gasteiger partial charge is 0.390 e. The number of aliphatic hydroxyl groups is 1. The average Bonchev–Trinajstić information content (AvgIpc) is 2.36. The molecule has 1 aromatic rings. The Hall–Kier alpha value is -1.07. The van der Waals surface area contributed by atoms with Crippen LogP contribution in [0.2, 0.25) is 0 Å². The lowest BCUT2D eigenvalue weighted by atomic mass is 9.85. The van der Waals surface area contributed by atoms with Gasteiger partial charge in [0.2, 0.25) is 0 Å². The van der Waals surface area contributed by atoms with Crippen molar-refractivity contribution in [3.05, 3.63) is 35.4 Å². The Balaban J connectivity index is 2.03. The lowest BCUT2D eigenvalue weighted by molar-refractivity contribution is -0.139. The van der Waals surface area contributed by atoms with Crippen molar-refractivity contribution in [2.24, 2.45) is 0 Å². The number of nitrogens with zero attached hydrogens (tertiary/aromatic N) is 1. The van der Waals surface area contributed by atoms with E-state index in [1.807, 2.05) is 24.3 Å². The predicted molar refractivity (Wildman–Crippen MR) is 66.8 cm³/mol. The third-order valence-corrected chi connectivity index (χ3v) is 3.76. The fourth-order valence-electron chi connectivity index (χ4n) is 2.65. The van der Waals surface area contributed by atoms with Crippen LogP contribution in [0, 0.1) is 0 Å². The second kappa shape index (κ2) is 5.51. The molecule has 1 aliphatic carbocycles. The van der Waals surface area contributed by atoms with Gasteiger partial charge in [0.25, 0.3) is 0 Å². The zero-order valence-electron chi connectivity index (χ0n) is 10.8. The molecule has 0 saturated carbocycles. The molecular formula is C14H18F3NO. The summed E-state index contributed by atoms with van der Waals surface area (Å²) in [6, 6.07) is 7.34. The summed E-state index contributed by atoms with van der Waals surface area (Å²) in [7, 11) is 1.65. The molecule has 2 nitrogen and oxygen atoms in total. The van der Waals surface area contributed by atoms with Crippen molar-refractivity contribution < 1.29 is 18.3 Å². The highest BCUT2D eigenvalue weighted by Crippen LogP contribution is 2.33. The van der Waals surface area contributed by atoms with Gasteiger partial charge in [0, 0.05) is 12.6 Å². The highest BCUT2D eigenvalue weighted by Gasteiger charge is 2.33. The molecule has 0 fully saturated rings. The number of aryl methyl sites for hydroxylation is 1. The number of rotatable bonds is 3. The standard InChI is InChI=1S/C14H18F3NO/c1-18(9-8-14(15,16)17)12-7-6-10-4-2-3-5-11(10)13(12)19/h2-5,12-13,19H,6-9H2,1H3. The molecule has 1 N–H and O–H groups in total. The van der Waals surface area contributed by atoms with Gasteiger partial charge in [0.1, 0.15) is 0 Å². The van der Waals surface area contributed by atoms with Crippen LogP contribution < -0.4 is 0 Å². The van der Waals surface area contributed by atoms with Crippen LogP contribution in [-0.2, 0) is 6.42 Å². The van der Waals surface area contributed by atoms with Gasteiger partial charge in [-0.1, -0.05) is 24.3 Å². The Morgan fingerprint density at radius 1 is 1.32 bits per heavy atom. The SMILES string of the molecule is CN(CCC(F)(F)F)C1CCc2ccccc2C1O. The van der Waals surface area contributed by atoms with Crippen LogP contribution in [0.1, 0.15) is 30.1 Å². The topological polar surface area (TPSA) is 23.5 Å². The summed E-state index contributed by atoms with van der Waals surface area (Å²) in [4.78, 5) is 1.62. The predicted octanol–water partition coefficient (Wildman–Crippen LogP) is 2.92. The minimum absolute atomic E-state index is 0.0760. The summed E-state index contributed by atoms with van der Waals surface area (Å²) in [6.45, 7) is -0.0760. The maximum Gasteiger partial charge on any atom is 0.390 e. The van der Waals surface area contributed by atoms with Gasteiger partial charge in [-0.25, -0.2) is 0 Å². The number of alkyl halides is 3. The quantitative estimate of drug-likeness (QED) is 0.915. The monoisotopic (exact) mass is 273 g/mol. The first kappa shape index (κ1) is 14.3. The maximum absolute atomic E-state index is 12.2. The molecule has 0 bridgehead atoms. The Kier molecular flexibility index (Phi) is 4.16. The molecule has 0 aliphatic heterocycles. The van der Waals surface area contributed by atoms with Gasteiger partial charge in [-0.15, -0.1) is 0 Å². The number of halogens is 3. The van der Waals surface area contributed by atoms with E-state index < -0.39 is 18.7 Å². The number of hydrogen-bond acceptors (Lipinski definition) is 2. The molecule has 0 amide bonds. The summed E-state index contributed by atoms with van der Waals surface area (Å²) >= 11 is 0. The fourth-order valence-corrected chi connectivity index (χ4v) is 2.65. The van der Waals surface area contributed by atoms with Crippen LogP contribution >= 0.6 is 0 Å². The Bertz CT molecular complexity index is 433. The molecule has 19 heavy (non-hydrogen) atoms. The maximum atomic E-state index is 12.2. The minimum Gasteiger partial charge on any atom is -0.387 e. The summed E-state index contributed by atoms with van der Waals surface area (Å²) in [6.07, 6.45) is -4.20. The van der Waals surface area contributed by atoms with Gasteiger partial charge >= 0.3 is 6.18 Å². The zero-order valence-corrected chi connectivity index (χ0v) is 10.8. The van der Waals surface area contributed by atoms with E-state index in [1.54, 1.807) is 11.9 Å². The van der Waals surface area contributed by atoms with E-state index in [9.17, 15) is 18.3 Å². The first-order chi connectivity index (χ1) is 8.88. The van der Waals surface area contributed by atoms with Gasteiger partial charge in [0.15, 0.2) is 0 Å². The van der Waals surface area contributed by atoms with Crippen LogP contribution in [0.15, 0.2) is 24.3 Å². The van der Waals surface area contributed by atoms with Gasteiger partial charge in [0.05, 0.1) is 12.5 Å². The smallest absolute Gasteiger partial charge is 0.387 e. The summed E-state index contributed by atoms with van der Waals surface area (Å²) in [5.41, 5.74) is 1.94. The molecule has 0 radical (unpaired) electrons. The first-order valence-electron chi connectivity index (χ1n) is 6.41. The molecular weight excluding hydrogens is 255 g/mol. The van der Waals surface area contributed by atoms with E-state index in [4.69, 9.17) is 0 Å². The molecule has 0 saturated heterocycles. The third-order valence-electron chi connectivity index (χ3n) is 3.76. The van der Waals surface area contributed by atoms with Gasteiger partial charge in [-0.05, 0) is 31.0 Å². The van der Waals surface area contributed by atoms with E-state index >= 15 is 0 Å². The van der Waals surface area contributed by atoms with Crippen molar-refractivity contribution in [2.45, 2.75) is 37.6 Å². The highest BCUT2D eigenvalue weighted by molar-refractivity contribution is 5.32. The summed E-state index contributed by atoms with van der Waals surface area (Å²) < 4.78 is 36.7. The van der Waals surface area contributed by atoms with Crippen molar-refractivity contribution in [1.82, 2.24) is 4.90 Å². The Morgan fingerprint density at radius 2 is 2.00 bits per heavy atom. The van der Waals surface area contributed by atoms with Crippen molar-refractivity contribution >= 4 is 0 Å².